The molecule has 0 fully saturated rings. The molecule has 1 aromatic heterocycles. The van der Waals surface area contributed by atoms with Crippen LogP contribution in [0, 0.1) is 11.3 Å². The molecule has 2 rings (SSSR count). The summed E-state index contributed by atoms with van der Waals surface area (Å²) in [6.45, 7) is 0. The van der Waals surface area contributed by atoms with E-state index in [1.54, 1.807) is 17.5 Å². The van der Waals surface area contributed by atoms with Crippen molar-refractivity contribution in [1.29, 1.82) is 5.26 Å². The predicted molar refractivity (Wildman–Crippen MR) is 56.3 cm³/mol. The van der Waals surface area contributed by atoms with Crippen molar-refractivity contribution in [2.45, 2.75) is 0 Å². The van der Waals surface area contributed by atoms with Crippen molar-refractivity contribution in [3.63, 3.8) is 0 Å². The van der Waals surface area contributed by atoms with E-state index in [-0.39, 0.29) is 0 Å². The number of aldehydes is 1. The molecule has 68 valence electrons. The zero-order valence-corrected chi connectivity index (χ0v) is 7.97. The highest BCUT2D eigenvalue weighted by Crippen LogP contribution is 2.30. The predicted octanol–water partition coefficient (Wildman–Crippen LogP) is 2.17. The minimum atomic E-state index is 0.457. The third-order valence-corrected chi connectivity index (χ3v) is 3.08. The van der Waals surface area contributed by atoms with Crippen LogP contribution in [0.4, 0.5) is 5.69 Å². The highest BCUT2D eigenvalue weighted by atomic mass is 32.1. The molecule has 0 amide bonds. The number of hydrogen-bond acceptors (Lipinski definition) is 4. The van der Waals surface area contributed by atoms with Gasteiger partial charge >= 0.3 is 0 Å². The van der Waals surface area contributed by atoms with Crippen molar-refractivity contribution in [2.24, 2.45) is 0 Å². The summed E-state index contributed by atoms with van der Waals surface area (Å²) in [5.41, 5.74) is 7.17. The Bertz CT molecular complexity index is 551. The van der Waals surface area contributed by atoms with Crippen molar-refractivity contribution in [1.82, 2.24) is 0 Å². The Morgan fingerprint density at radius 1 is 1.50 bits per heavy atom. The fourth-order valence-corrected chi connectivity index (χ4v) is 2.36. The van der Waals surface area contributed by atoms with E-state index in [0.717, 1.165) is 16.4 Å². The molecule has 0 saturated carbocycles. The van der Waals surface area contributed by atoms with Crippen LogP contribution in [0.25, 0.3) is 10.1 Å². The second-order valence-electron chi connectivity index (χ2n) is 2.82. The Labute approximate surface area is 84.4 Å². The fourth-order valence-electron chi connectivity index (χ4n) is 1.34. The minimum absolute atomic E-state index is 0.457. The summed E-state index contributed by atoms with van der Waals surface area (Å²) in [6.07, 6.45) is 0.731. The van der Waals surface area contributed by atoms with Crippen molar-refractivity contribution >= 4 is 33.4 Å². The van der Waals surface area contributed by atoms with Gasteiger partial charge in [0.15, 0.2) is 6.29 Å². The van der Waals surface area contributed by atoms with E-state index in [1.807, 2.05) is 0 Å². The number of carbonyl (C=O) groups is 1. The average molecular weight is 202 g/mol. The monoisotopic (exact) mass is 202 g/mol. The van der Waals surface area contributed by atoms with Gasteiger partial charge in [-0.2, -0.15) is 5.26 Å². The lowest BCUT2D eigenvalue weighted by molar-refractivity contribution is 0.112. The first kappa shape index (κ1) is 8.73. The second-order valence-corrected chi connectivity index (χ2v) is 3.70. The van der Waals surface area contributed by atoms with E-state index < -0.39 is 0 Å². The Hall–Kier alpha value is -1.86. The molecule has 0 saturated heterocycles. The van der Waals surface area contributed by atoms with Gasteiger partial charge in [0, 0.05) is 21.2 Å². The molecule has 14 heavy (non-hydrogen) atoms. The number of benzene rings is 1. The van der Waals surface area contributed by atoms with Crippen molar-refractivity contribution in [2.75, 3.05) is 5.73 Å². The molecule has 0 aliphatic rings. The van der Waals surface area contributed by atoms with Gasteiger partial charge in [-0.25, -0.2) is 0 Å². The van der Waals surface area contributed by atoms with Crippen molar-refractivity contribution in [3.05, 3.63) is 28.6 Å². The fraction of sp³-hybridized carbons (Fsp3) is 0. The average Bonchev–Trinajstić information content (AvgIpc) is 2.60. The molecule has 0 aliphatic carbocycles. The molecule has 0 radical (unpaired) electrons. The topological polar surface area (TPSA) is 66.9 Å². The maximum atomic E-state index is 10.8. The van der Waals surface area contributed by atoms with Gasteiger partial charge in [0.2, 0.25) is 0 Å². The maximum Gasteiger partial charge on any atom is 0.153 e. The maximum absolute atomic E-state index is 10.8. The molecular formula is C10H6N2OS. The van der Waals surface area contributed by atoms with Crippen LogP contribution in [0.15, 0.2) is 17.5 Å². The normalized spacial score (nSPS) is 9.93. The Kier molecular flexibility index (Phi) is 1.95. The number of nitriles is 1. The van der Waals surface area contributed by atoms with Crippen molar-refractivity contribution < 1.29 is 4.79 Å². The lowest BCUT2D eigenvalue weighted by Gasteiger charge is -1.98. The van der Waals surface area contributed by atoms with Gasteiger partial charge in [0.05, 0.1) is 11.1 Å². The number of thiophene rings is 1. The summed E-state index contributed by atoms with van der Waals surface area (Å²) >= 11 is 1.37. The largest absolute Gasteiger partial charge is 0.398 e. The Morgan fingerprint density at radius 2 is 2.29 bits per heavy atom. The molecule has 4 heteroatoms. The first-order valence-electron chi connectivity index (χ1n) is 3.93. The first-order chi connectivity index (χ1) is 6.77. The third kappa shape index (κ3) is 1.07. The van der Waals surface area contributed by atoms with Gasteiger partial charge in [-0.1, -0.05) is 6.07 Å². The molecule has 1 heterocycles. The van der Waals surface area contributed by atoms with Crippen LogP contribution >= 0.6 is 11.3 Å². The number of nitrogen functional groups attached to an aromatic ring is 1. The summed E-state index contributed by atoms with van der Waals surface area (Å²) in [4.78, 5) is 10.8. The quantitative estimate of drug-likeness (QED) is 0.569. The van der Waals surface area contributed by atoms with E-state index in [4.69, 9.17) is 11.0 Å². The molecule has 0 bridgehead atoms. The number of fused-ring (bicyclic) bond motifs is 1. The SMILES string of the molecule is N#Cc1csc2c(C=O)c(N)ccc12. The smallest absolute Gasteiger partial charge is 0.153 e. The van der Waals surface area contributed by atoms with Crippen LogP contribution < -0.4 is 5.73 Å². The number of anilines is 1. The van der Waals surface area contributed by atoms with E-state index >= 15 is 0 Å². The molecule has 0 atom stereocenters. The van der Waals surface area contributed by atoms with Crippen LogP contribution in [-0.4, -0.2) is 6.29 Å². The minimum Gasteiger partial charge on any atom is -0.398 e. The van der Waals surface area contributed by atoms with Gasteiger partial charge in [-0.05, 0) is 6.07 Å². The summed E-state index contributed by atoms with van der Waals surface area (Å²) in [6, 6.07) is 5.50. The molecular weight excluding hydrogens is 196 g/mol. The molecule has 2 aromatic rings. The van der Waals surface area contributed by atoms with E-state index in [2.05, 4.69) is 6.07 Å². The van der Waals surface area contributed by atoms with Crippen LogP contribution in [0.5, 0.6) is 0 Å². The summed E-state index contributed by atoms with van der Waals surface area (Å²) in [7, 11) is 0. The summed E-state index contributed by atoms with van der Waals surface area (Å²) in [5, 5.41) is 11.3. The number of nitrogens with zero attached hydrogens (tertiary/aromatic N) is 1. The molecule has 0 aliphatic heterocycles. The highest BCUT2D eigenvalue weighted by molar-refractivity contribution is 7.17. The van der Waals surface area contributed by atoms with Gasteiger partial charge in [-0.15, -0.1) is 11.3 Å². The zero-order valence-electron chi connectivity index (χ0n) is 7.15. The van der Waals surface area contributed by atoms with Crippen LogP contribution in [0.3, 0.4) is 0 Å². The molecule has 2 N–H and O–H groups in total. The van der Waals surface area contributed by atoms with Gasteiger partial charge in [-0.3, -0.25) is 4.79 Å². The van der Waals surface area contributed by atoms with Gasteiger partial charge in [0.25, 0.3) is 0 Å². The number of carbonyl (C=O) groups excluding carboxylic acids is 1. The van der Waals surface area contributed by atoms with Crippen LogP contribution in [0.2, 0.25) is 0 Å². The van der Waals surface area contributed by atoms with Crippen molar-refractivity contribution in [3.8, 4) is 6.07 Å². The lowest BCUT2D eigenvalue weighted by Crippen LogP contribution is -1.92. The third-order valence-electron chi connectivity index (χ3n) is 2.05. The zero-order chi connectivity index (χ0) is 10.1. The van der Waals surface area contributed by atoms with Crippen LogP contribution in [-0.2, 0) is 0 Å². The molecule has 0 unspecified atom stereocenters. The second kappa shape index (κ2) is 3.13. The first-order valence-corrected chi connectivity index (χ1v) is 4.81. The Balaban J connectivity index is 2.92. The number of rotatable bonds is 1. The van der Waals surface area contributed by atoms with Gasteiger partial charge < -0.3 is 5.73 Å². The summed E-state index contributed by atoms with van der Waals surface area (Å²) in [5.74, 6) is 0. The van der Waals surface area contributed by atoms with E-state index in [9.17, 15) is 4.79 Å². The Morgan fingerprint density at radius 3 is 2.93 bits per heavy atom. The van der Waals surface area contributed by atoms with Crippen LogP contribution in [0.1, 0.15) is 15.9 Å². The van der Waals surface area contributed by atoms with E-state index in [0.29, 0.717) is 16.8 Å². The molecule has 0 spiro atoms. The van der Waals surface area contributed by atoms with Gasteiger partial charge in [0.1, 0.15) is 6.07 Å². The highest BCUT2D eigenvalue weighted by Gasteiger charge is 2.09. The molecule has 3 nitrogen and oxygen atoms in total. The standard InChI is InChI=1S/C10H6N2OS/c11-3-6-5-14-10-7(6)1-2-9(12)8(10)4-13/h1-2,4-5H,12H2. The number of nitrogens with two attached hydrogens (primary N) is 1. The molecule has 1 aromatic carbocycles. The number of hydrogen-bond donors (Lipinski definition) is 1. The lowest BCUT2D eigenvalue weighted by atomic mass is 10.1. The summed E-state index contributed by atoms with van der Waals surface area (Å²) < 4.78 is 0.788. The van der Waals surface area contributed by atoms with E-state index in [1.165, 1.54) is 11.3 Å².